The molecular weight excluding hydrogens is 405 g/mol. The summed E-state index contributed by atoms with van der Waals surface area (Å²) in [5.74, 6) is -1.43. The fraction of sp³-hybridized carbons (Fsp3) is 0. The third-order valence-corrected chi connectivity index (χ3v) is 4.69. The first-order chi connectivity index (χ1) is 13.2. The molecule has 11 heteroatoms. The standard InChI is InChI=1S/C17H16FN5O3S2/c18-12-4-1-11(2-5-12)3-10-15(24)22-17(27)21-13-6-8-14(9-7-13)28(25,26)23-16(19)20/h1-10H,(H4,19,20,23)(H2,21,22,24,27)/b10-3+. The molecule has 2 rings (SSSR count). The maximum atomic E-state index is 12.8. The van der Waals surface area contributed by atoms with Gasteiger partial charge in [-0.25, -0.2) is 4.39 Å². The Morgan fingerprint density at radius 1 is 1.07 bits per heavy atom. The van der Waals surface area contributed by atoms with Crippen molar-refractivity contribution in [2.24, 2.45) is 15.9 Å². The Labute approximate surface area is 166 Å². The van der Waals surface area contributed by atoms with Gasteiger partial charge in [-0.3, -0.25) is 10.1 Å². The Morgan fingerprint density at radius 2 is 1.68 bits per heavy atom. The molecule has 0 aromatic heterocycles. The first kappa shape index (κ1) is 21.0. The molecule has 1 amide bonds. The van der Waals surface area contributed by atoms with Gasteiger partial charge in [-0.2, -0.15) is 8.42 Å². The minimum Gasteiger partial charge on any atom is -0.369 e. The number of guanidine groups is 1. The number of nitrogens with zero attached hydrogens (tertiary/aromatic N) is 1. The van der Waals surface area contributed by atoms with Gasteiger partial charge < -0.3 is 16.8 Å². The highest BCUT2D eigenvalue weighted by atomic mass is 32.2. The Hall–Kier alpha value is -3.31. The second-order valence-corrected chi connectivity index (χ2v) is 7.36. The topological polar surface area (TPSA) is 140 Å². The van der Waals surface area contributed by atoms with Crippen molar-refractivity contribution in [1.82, 2.24) is 5.32 Å². The van der Waals surface area contributed by atoms with Gasteiger partial charge in [-0.05, 0) is 60.3 Å². The quantitative estimate of drug-likeness (QED) is 0.247. The maximum Gasteiger partial charge on any atom is 0.285 e. The molecule has 0 aliphatic heterocycles. The number of nitrogens with two attached hydrogens (primary N) is 2. The molecule has 0 bridgehead atoms. The molecule has 2 aromatic rings. The van der Waals surface area contributed by atoms with Gasteiger partial charge >= 0.3 is 0 Å². The van der Waals surface area contributed by atoms with E-state index in [1.54, 1.807) is 0 Å². The van der Waals surface area contributed by atoms with Crippen LogP contribution >= 0.6 is 12.2 Å². The van der Waals surface area contributed by atoms with Crippen LogP contribution in [0.15, 0.2) is 63.9 Å². The Morgan fingerprint density at radius 3 is 2.25 bits per heavy atom. The van der Waals surface area contributed by atoms with Crippen molar-refractivity contribution in [3.8, 4) is 0 Å². The molecule has 0 atom stereocenters. The summed E-state index contributed by atoms with van der Waals surface area (Å²) in [6.07, 6.45) is 2.74. The normalized spacial score (nSPS) is 11.0. The molecule has 0 aliphatic rings. The van der Waals surface area contributed by atoms with Gasteiger partial charge in [0.15, 0.2) is 5.11 Å². The summed E-state index contributed by atoms with van der Waals surface area (Å²) in [7, 11) is -3.99. The molecular formula is C17H16FN5O3S2. The van der Waals surface area contributed by atoms with E-state index in [-0.39, 0.29) is 15.8 Å². The number of sulfonamides is 1. The van der Waals surface area contributed by atoms with Crippen molar-refractivity contribution in [3.63, 3.8) is 0 Å². The lowest BCUT2D eigenvalue weighted by Gasteiger charge is -2.08. The second kappa shape index (κ2) is 9.06. The molecule has 0 radical (unpaired) electrons. The SMILES string of the molecule is NC(N)=NS(=O)(=O)c1ccc(NC(=S)NC(=O)/C=C/c2ccc(F)cc2)cc1. The van der Waals surface area contributed by atoms with Gasteiger partial charge in [0, 0.05) is 11.8 Å². The van der Waals surface area contributed by atoms with Crippen LogP contribution in [0.5, 0.6) is 0 Å². The molecule has 0 saturated heterocycles. The van der Waals surface area contributed by atoms with Crippen LogP contribution in [-0.4, -0.2) is 25.4 Å². The van der Waals surface area contributed by atoms with Crippen LogP contribution in [-0.2, 0) is 14.8 Å². The van der Waals surface area contributed by atoms with E-state index in [0.717, 1.165) is 0 Å². The number of carbonyl (C=O) groups is 1. The van der Waals surface area contributed by atoms with Crippen molar-refractivity contribution in [1.29, 1.82) is 0 Å². The average Bonchev–Trinajstić information content (AvgIpc) is 2.60. The Balaban J connectivity index is 1.94. The molecule has 0 aliphatic carbocycles. The van der Waals surface area contributed by atoms with E-state index in [0.29, 0.717) is 11.3 Å². The van der Waals surface area contributed by atoms with Crippen molar-refractivity contribution in [3.05, 3.63) is 66.0 Å². The predicted octanol–water partition coefficient (Wildman–Crippen LogP) is 1.31. The predicted molar refractivity (Wildman–Crippen MR) is 109 cm³/mol. The largest absolute Gasteiger partial charge is 0.369 e. The van der Waals surface area contributed by atoms with E-state index in [9.17, 15) is 17.6 Å². The first-order valence-corrected chi connectivity index (χ1v) is 9.52. The highest BCUT2D eigenvalue weighted by molar-refractivity contribution is 7.90. The van der Waals surface area contributed by atoms with Gasteiger partial charge in [0.05, 0.1) is 4.90 Å². The summed E-state index contributed by atoms with van der Waals surface area (Å²) in [5, 5.41) is 5.17. The van der Waals surface area contributed by atoms with Gasteiger partial charge in [-0.15, -0.1) is 4.40 Å². The van der Waals surface area contributed by atoms with E-state index in [1.807, 2.05) is 0 Å². The number of hydrogen-bond donors (Lipinski definition) is 4. The molecule has 6 N–H and O–H groups in total. The molecule has 28 heavy (non-hydrogen) atoms. The average molecular weight is 421 g/mol. The molecule has 0 fully saturated rings. The number of hydrogen-bond acceptors (Lipinski definition) is 4. The minimum atomic E-state index is -3.99. The van der Waals surface area contributed by atoms with Crippen molar-refractivity contribution in [2.45, 2.75) is 4.90 Å². The minimum absolute atomic E-state index is 0.00795. The van der Waals surface area contributed by atoms with Gasteiger partial charge in [0.1, 0.15) is 5.82 Å². The molecule has 2 aromatic carbocycles. The van der Waals surface area contributed by atoms with Crippen LogP contribution in [0.1, 0.15) is 5.56 Å². The third kappa shape index (κ3) is 6.45. The lowest BCUT2D eigenvalue weighted by atomic mass is 10.2. The number of thiocarbonyl (C=S) groups is 1. The number of halogens is 1. The van der Waals surface area contributed by atoms with Crippen LogP contribution in [0.3, 0.4) is 0 Å². The smallest absolute Gasteiger partial charge is 0.285 e. The number of nitrogens with one attached hydrogen (secondary N) is 2. The molecule has 146 valence electrons. The number of benzene rings is 2. The van der Waals surface area contributed by atoms with Gasteiger partial charge in [0.25, 0.3) is 10.0 Å². The molecule has 0 heterocycles. The summed E-state index contributed by atoms with van der Waals surface area (Å²) >= 11 is 5.02. The van der Waals surface area contributed by atoms with Crippen LogP contribution in [0.2, 0.25) is 0 Å². The Kier molecular flexibility index (Phi) is 6.79. The van der Waals surface area contributed by atoms with E-state index < -0.39 is 21.9 Å². The molecule has 0 unspecified atom stereocenters. The molecule has 8 nitrogen and oxygen atoms in total. The van der Waals surface area contributed by atoms with Crippen molar-refractivity contribution >= 4 is 51.0 Å². The molecule has 0 spiro atoms. The maximum absolute atomic E-state index is 12.8. The second-order valence-electron chi connectivity index (χ2n) is 5.34. The van der Waals surface area contributed by atoms with E-state index in [4.69, 9.17) is 23.7 Å². The summed E-state index contributed by atoms with van der Waals surface area (Å²) in [5.41, 5.74) is 11.3. The zero-order valence-corrected chi connectivity index (χ0v) is 15.9. The van der Waals surface area contributed by atoms with Crippen molar-refractivity contribution in [2.75, 3.05) is 5.32 Å². The fourth-order valence-electron chi connectivity index (χ4n) is 1.96. The van der Waals surface area contributed by atoms with Gasteiger partial charge in [-0.1, -0.05) is 12.1 Å². The van der Waals surface area contributed by atoms with E-state index in [1.165, 1.54) is 60.7 Å². The summed E-state index contributed by atoms with van der Waals surface area (Å²) in [6, 6.07) is 11.0. The van der Waals surface area contributed by atoms with E-state index >= 15 is 0 Å². The van der Waals surface area contributed by atoms with E-state index in [2.05, 4.69) is 15.0 Å². The zero-order valence-electron chi connectivity index (χ0n) is 14.3. The third-order valence-electron chi connectivity index (χ3n) is 3.17. The van der Waals surface area contributed by atoms with Gasteiger partial charge in [0.2, 0.25) is 11.9 Å². The number of anilines is 1. The number of carbonyl (C=O) groups excluding carboxylic acids is 1. The lowest BCUT2D eigenvalue weighted by molar-refractivity contribution is -0.115. The zero-order chi connectivity index (χ0) is 20.7. The fourth-order valence-corrected chi connectivity index (χ4v) is 3.04. The number of rotatable bonds is 5. The highest BCUT2D eigenvalue weighted by Gasteiger charge is 2.13. The summed E-state index contributed by atoms with van der Waals surface area (Å²) < 4.78 is 39.7. The summed E-state index contributed by atoms with van der Waals surface area (Å²) in [4.78, 5) is 11.7. The number of amides is 1. The molecule has 0 saturated carbocycles. The summed E-state index contributed by atoms with van der Waals surface area (Å²) in [6.45, 7) is 0. The lowest BCUT2D eigenvalue weighted by Crippen LogP contribution is -2.32. The van der Waals surface area contributed by atoms with Crippen LogP contribution < -0.4 is 22.1 Å². The highest BCUT2D eigenvalue weighted by Crippen LogP contribution is 2.16. The Bertz CT molecular complexity index is 1030. The first-order valence-electron chi connectivity index (χ1n) is 7.67. The van der Waals surface area contributed by atoms with Crippen molar-refractivity contribution < 1.29 is 17.6 Å². The van der Waals surface area contributed by atoms with Crippen LogP contribution in [0.25, 0.3) is 6.08 Å². The van der Waals surface area contributed by atoms with Crippen LogP contribution in [0.4, 0.5) is 10.1 Å². The van der Waals surface area contributed by atoms with Crippen LogP contribution in [0, 0.1) is 5.82 Å². The monoisotopic (exact) mass is 421 g/mol.